The van der Waals surface area contributed by atoms with Gasteiger partial charge < -0.3 is 10.4 Å². The summed E-state index contributed by atoms with van der Waals surface area (Å²) in [6.07, 6.45) is 0.263. The van der Waals surface area contributed by atoms with Crippen LogP contribution in [0.25, 0.3) is 11.1 Å². The number of aromatic nitrogens is 2. The molecular formula is C22H25N3O2. The average Bonchev–Trinajstić information content (AvgIpc) is 3.00. The van der Waals surface area contributed by atoms with E-state index >= 15 is 0 Å². The van der Waals surface area contributed by atoms with E-state index in [1.807, 2.05) is 62.4 Å². The van der Waals surface area contributed by atoms with Crippen molar-refractivity contribution in [2.75, 3.05) is 6.54 Å². The van der Waals surface area contributed by atoms with Crippen LogP contribution in [-0.4, -0.2) is 27.8 Å². The summed E-state index contributed by atoms with van der Waals surface area (Å²) in [6, 6.07) is 15.3. The minimum Gasteiger partial charge on any atom is -0.389 e. The lowest BCUT2D eigenvalue weighted by Crippen LogP contribution is -2.25. The number of amides is 1. The molecule has 3 N–H and O–H groups in total. The number of aromatic amines is 1. The van der Waals surface area contributed by atoms with E-state index in [-0.39, 0.29) is 5.91 Å². The van der Waals surface area contributed by atoms with E-state index in [0.717, 1.165) is 40.1 Å². The molecule has 0 aliphatic carbocycles. The molecule has 0 radical (unpaired) electrons. The van der Waals surface area contributed by atoms with E-state index in [2.05, 4.69) is 15.5 Å². The number of aliphatic hydroxyl groups excluding tert-OH is 1. The van der Waals surface area contributed by atoms with Crippen LogP contribution in [0.1, 0.15) is 45.9 Å². The third kappa shape index (κ3) is 4.44. The van der Waals surface area contributed by atoms with Crippen LogP contribution in [0.2, 0.25) is 0 Å². The molecular weight excluding hydrogens is 338 g/mol. The van der Waals surface area contributed by atoms with E-state index < -0.39 is 6.10 Å². The van der Waals surface area contributed by atoms with E-state index in [0.29, 0.717) is 12.1 Å². The van der Waals surface area contributed by atoms with E-state index in [1.165, 1.54) is 0 Å². The van der Waals surface area contributed by atoms with Crippen molar-refractivity contribution in [3.8, 4) is 11.1 Å². The van der Waals surface area contributed by atoms with Crippen molar-refractivity contribution in [1.29, 1.82) is 0 Å². The lowest BCUT2D eigenvalue weighted by atomic mass is 10.0. The molecule has 1 aromatic heterocycles. The highest BCUT2D eigenvalue weighted by Gasteiger charge is 2.10. The van der Waals surface area contributed by atoms with E-state index in [9.17, 15) is 9.90 Å². The zero-order valence-corrected chi connectivity index (χ0v) is 15.9. The first-order valence-electron chi connectivity index (χ1n) is 9.13. The fourth-order valence-electron chi connectivity index (χ4n) is 3.14. The van der Waals surface area contributed by atoms with Gasteiger partial charge in [0.2, 0.25) is 0 Å². The topological polar surface area (TPSA) is 78.0 Å². The zero-order valence-electron chi connectivity index (χ0n) is 15.9. The highest BCUT2D eigenvalue weighted by Crippen LogP contribution is 2.23. The number of nitrogens with one attached hydrogen (secondary N) is 2. The number of rotatable bonds is 6. The molecule has 1 heterocycles. The maximum atomic E-state index is 12.5. The predicted octanol–water partition coefficient (Wildman–Crippen LogP) is 3.72. The van der Waals surface area contributed by atoms with Crippen LogP contribution in [0.5, 0.6) is 0 Å². The molecule has 5 heteroatoms. The number of H-pyrrole nitrogens is 1. The fourth-order valence-corrected chi connectivity index (χ4v) is 3.14. The lowest BCUT2D eigenvalue weighted by Gasteiger charge is -2.09. The van der Waals surface area contributed by atoms with Gasteiger partial charge in [0, 0.05) is 17.8 Å². The molecule has 0 aliphatic heterocycles. The third-order valence-corrected chi connectivity index (χ3v) is 4.79. The largest absolute Gasteiger partial charge is 0.389 e. The molecule has 1 unspecified atom stereocenters. The van der Waals surface area contributed by atoms with Crippen LogP contribution in [0.3, 0.4) is 0 Å². The van der Waals surface area contributed by atoms with E-state index in [1.54, 1.807) is 6.92 Å². The average molecular weight is 363 g/mol. The Bertz CT molecular complexity index is 907. The Morgan fingerprint density at radius 1 is 1.15 bits per heavy atom. The van der Waals surface area contributed by atoms with Gasteiger partial charge in [-0.05, 0) is 61.6 Å². The van der Waals surface area contributed by atoms with Crippen molar-refractivity contribution in [1.82, 2.24) is 15.5 Å². The third-order valence-electron chi connectivity index (χ3n) is 4.79. The monoisotopic (exact) mass is 363 g/mol. The highest BCUT2D eigenvalue weighted by atomic mass is 16.3. The number of hydrogen-bond donors (Lipinski definition) is 3. The van der Waals surface area contributed by atoms with Crippen LogP contribution in [-0.2, 0) is 6.42 Å². The molecule has 5 nitrogen and oxygen atoms in total. The van der Waals surface area contributed by atoms with Gasteiger partial charge in [0.1, 0.15) is 0 Å². The van der Waals surface area contributed by atoms with Gasteiger partial charge in [-0.25, -0.2) is 0 Å². The molecule has 0 fully saturated rings. The molecule has 2 aromatic carbocycles. The molecule has 0 saturated heterocycles. The summed E-state index contributed by atoms with van der Waals surface area (Å²) < 4.78 is 0. The van der Waals surface area contributed by atoms with Crippen LogP contribution < -0.4 is 5.32 Å². The molecule has 140 valence electrons. The van der Waals surface area contributed by atoms with Crippen molar-refractivity contribution in [3.63, 3.8) is 0 Å². The maximum absolute atomic E-state index is 12.5. The second-order valence-corrected chi connectivity index (χ2v) is 6.80. The number of aliphatic hydroxyl groups is 1. The Balaban J connectivity index is 1.66. The number of aryl methyl sites for hydroxylation is 2. The molecule has 0 bridgehead atoms. The Morgan fingerprint density at radius 3 is 2.52 bits per heavy atom. The maximum Gasteiger partial charge on any atom is 0.251 e. The number of carbonyl (C=O) groups is 1. The van der Waals surface area contributed by atoms with Gasteiger partial charge in [0.25, 0.3) is 5.91 Å². The van der Waals surface area contributed by atoms with Crippen molar-refractivity contribution in [3.05, 3.63) is 76.6 Å². The van der Waals surface area contributed by atoms with E-state index in [4.69, 9.17) is 0 Å². The van der Waals surface area contributed by atoms with Gasteiger partial charge in [-0.2, -0.15) is 5.10 Å². The minimum absolute atomic E-state index is 0.0868. The number of nitrogens with zero attached hydrogens (tertiary/aromatic N) is 1. The minimum atomic E-state index is -0.487. The molecule has 0 aliphatic rings. The summed E-state index contributed by atoms with van der Waals surface area (Å²) in [5.74, 6) is -0.0868. The predicted molar refractivity (Wildman–Crippen MR) is 107 cm³/mol. The van der Waals surface area contributed by atoms with Crippen molar-refractivity contribution < 1.29 is 9.90 Å². The van der Waals surface area contributed by atoms with Gasteiger partial charge >= 0.3 is 0 Å². The Morgan fingerprint density at radius 2 is 1.89 bits per heavy atom. The van der Waals surface area contributed by atoms with Crippen molar-refractivity contribution in [2.24, 2.45) is 0 Å². The molecule has 3 aromatic rings. The standard InChI is InChI=1S/C22H25N3O2/c1-14-21(15(2)25-24-14)11-12-23-22(27)20-6-4-5-19(13-20)18-9-7-17(8-10-18)16(3)26/h4-10,13,16,26H,11-12H2,1-3H3,(H,23,27)(H,24,25). The first kappa shape index (κ1) is 18.9. The zero-order chi connectivity index (χ0) is 19.4. The summed E-state index contributed by atoms with van der Waals surface area (Å²) in [4.78, 5) is 12.5. The normalized spacial score (nSPS) is 12.0. The Hall–Kier alpha value is -2.92. The van der Waals surface area contributed by atoms with Crippen molar-refractivity contribution >= 4 is 5.91 Å². The number of carbonyl (C=O) groups excluding carboxylic acids is 1. The molecule has 0 saturated carbocycles. The summed E-state index contributed by atoms with van der Waals surface area (Å²) in [7, 11) is 0. The molecule has 0 spiro atoms. The number of benzene rings is 2. The van der Waals surface area contributed by atoms with Crippen LogP contribution in [0, 0.1) is 13.8 Å². The summed E-state index contributed by atoms with van der Waals surface area (Å²) >= 11 is 0. The second-order valence-electron chi connectivity index (χ2n) is 6.80. The van der Waals surface area contributed by atoms with Gasteiger partial charge in [0.05, 0.1) is 11.8 Å². The Kier molecular flexibility index (Phi) is 5.72. The first-order chi connectivity index (χ1) is 13.0. The quantitative estimate of drug-likeness (QED) is 0.625. The second kappa shape index (κ2) is 8.18. The highest BCUT2D eigenvalue weighted by molar-refractivity contribution is 5.95. The van der Waals surface area contributed by atoms with Gasteiger partial charge in [-0.3, -0.25) is 9.89 Å². The first-order valence-corrected chi connectivity index (χ1v) is 9.13. The summed E-state index contributed by atoms with van der Waals surface area (Å²) in [5.41, 5.74) is 6.67. The van der Waals surface area contributed by atoms with Crippen LogP contribution >= 0.6 is 0 Å². The summed E-state index contributed by atoms with van der Waals surface area (Å²) in [6.45, 7) is 6.26. The molecule has 27 heavy (non-hydrogen) atoms. The lowest BCUT2D eigenvalue weighted by molar-refractivity contribution is 0.0954. The fraction of sp³-hybridized carbons (Fsp3) is 0.273. The van der Waals surface area contributed by atoms with Crippen LogP contribution in [0.15, 0.2) is 48.5 Å². The van der Waals surface area contributed by atoms with Gasteiger partial charge in [-0.1, -0.05) is 36.4 Å². The SMILES string of the molecule is Cc1n[nH]c(C)c1CCNC(=O)c1cccc(-c2ccc(C(C)O)cc2)c1. The Labute approximate surface area is 159 Å². The van der Waals surface area contributed by atoms with Gasteiger partial charge in [-0.15, -0.1) is 0 Å². The molecule has 1 amide bonds. The smallest absolute Gasteiger partial charge is 0.251 e. The molecule has 3 rings (SSSR count). The van der Waals surface area contributed by atoms with Crippen LogP contribution in [0.4, 0.5) is 0 Å². The van der Waals surface area contributed by atoms with Crippen molar-refractivity contribution in [2.45, 2.75) is 33.3 Å². The number of hydrogen-bond acceptors (Lipinski definition) is 3. The summed E-state index contributed by atoms with van der Waals surface area (Å²) in [5, 5.41) is 19.8. The van der Waals surface area contributed by atoms with Gasteiger partial charge in [0.15, 0.2) is 0 Å². The molecule has 1 atom stereocenters.